The fourth-order valence-electron chi connectivity index (χ4n) is 2.01. The first-order valence-electron chi connectivity index (χ1n) is 6.28. The van der Waals surface area contributed by atoms with Crippen LogP contribution in [-0.2, 0) is 15.1 Å². The number of amides is 1. The molecule has 2 rings (SSSR count). The molecule has 2 aromatic rings. The lowest BCUT2D eigenvalue weighted by atomic mass is 9.91. The van der Waals surface area contributed by atoms with Gasteiger partial charge in [-0.05, 0) is 36.6 Å². The van der Waals surface area contributed by atoms with Crippen LogP contribution in [0.3, 0.4) is 0 Å². The Kier molecular flexibility index (Phi) is 4.56. The van der Waals surface area contributed by atoms with E-state index in [1.807, 2.05) is 0 Å². The van der Waals surface area contributed by atoms with Crippen molar-refractivity contribution in [1.82, 2.24) is 5.32 Å². The standard InChI is InChI=1S/C15H13F2NO3S/c1-15(14(20)21-2,10-8-9(16)5-6-11(10)17)18-13(19)12-4-3-7-22-12/h3-8H,1-2H3,(H,18,19)/t15-/m0/s1. The van der Waals surface area contributed by atoms with E-state index >= 15 is 0 Å². The van der Waals surface area contributed by atoms with Crippen LogP contribution >= 0.6 is 11.3 Å². The Hall–Kier alpha value is -2.28. The zero-order valence-electron chi connectivity index (χ0n) is 11.9. The second-order valence-corrected chi connectivity index (χ2v) is 5.62. The highest BCUT2D eigenvalue weighted by atomic mass is 32.1. The molecule has 0 aliphatic rings. The third kappa shape index (κ3) is 2.99. The van der Waals surface area contributed by atoms with Gasteiger partial charge in [0.1, 0.15) is 11.6 Å². The maximum absolute atomic E-state index is 14.0. The lowest BCUT2D eigenvalue weighted by Crippen LogP contribution is -2.50. The Morgan fingerprint density at radius 1 is 1.27 bits per heavy atom. The SMILES string of the molecule is COC(=O)[C@@](C)(NC(=O)c1cccs1)c1cc(F)ccc1F. The zero-order chi connectivity index (χ0) is 16.3. The molecule has 0 aliphatic heterocycles. The maximum atomic E-state index is 14.0. The molecule has 1 aromatic heterocycles. The molecule has 4 nitrogen and oxygen atoms in total. The number of carbonyl (C=O) groups excluding carboxylic acids is 2. The van der Waals surface area contributed by atoms with Crippen LogP contribution in [0.15, 0.2) is 35.7 Å². The van der Waals surface area contributed by atoms with Crippen LogP contribution in [0.25, 0.3) is 0 Å². The number of hydrogen-bond acceptors (Lipinski definition) is 4. The number of methoxy groups -OCH3 is 1. The number of halogens is 2. The van der Waals surface area contributed by atoms with E-state index in [1.54, 1.807) is 17.5 Å². The summed E-state index contributed by atoms with van der Waals surface area (Å²) in [5.41, 5.74) is -2.15. The lowest BCUT2D eigenvalue weighted by molar-refractivity contribution is -0.148. The summed E-state index contributed by atoms with van der Waals surface area (Å²) in [7, 11) is 1.11. The number of benzene rings is 1. The van der Waals surface area contributed by atoms with Gasteiger partial charge in [-0.1, -0.05) is 6.07 Å². The van der Waals surface area contributed by atoms with Crippen molar-refractivity contribution in [2.75, 3.05) is 7.11 Å². The molecule has 22 heavy (non-hydrogen) atoms. The van der Waals surface area contributed by atoms with E-state index in [2.05, 4.69) is 10.1 Å². The number of rotatable bonds is 4. The monoisotopic (exact) mass is 325 g/mol. The average molecular weight is 325 g/mol. The van der Waals surface area contributed by atoms with Gasteiger partial charge in [-0.15, -0.1) is 11.3 Å². The molecule has 0 saturated heterocycles. The van der Waals surface area contributed by atoms with Crippen molar-refractivity contribution in [2.24, 2.45) is 0 Å². The molecule has 0 bridgehead atoms. The maximum Gasteiger partial charge on any atom is 0.336 e. The number of hydrogen-bond donors (Lipinski definition) is 1. The molecule has 1 N–H and O–H groups in total. The molecule has 7 heteroatoms. The van der Waals surface area contributed by atoms with Crippen molar-refractivity contribution in [3.63, 3.8) is 0 Å². The van der Waals surface area contributed by atoms with Gasteiger partial charge in [0.25, 0.3) is 5.91 Å². The van der Waals surface area contributed by atoms with Crippen molar-refractivity contribution in [3.8, 4) is 0 Å². The minimum Gasteiger partial charge on any atom is -0.467 e. The van der Waals surface area contributed by atoms with Gasteiger partial charge in [0.05, 0.1) is 12.0 Å². The predicted octanol–water partition coefficient (Wildman–Crippen LogP) is 2.84. The highest BCUT2D eigenvalue weighted by Crippen LogP contribution is 2.27. The third-order valence-corrected chi connectivity index (χ3v) is 4.04. The molecule has 0 radical (unpaired) electrons. The van der Waals surface area contributed by atoms with E-state index in [9.17, 15) is 18.4 Å². The Morgan fingerprint density at radius 3 is 2.59 bits per heavy atom. The molecule has 1 atom stereocenters. The summed E-state index contributed by atoms with van der Waals surface area (Å²) in [5.74, 6) is -3.02. The molecule has 0 saturated carbocycles. The van der Waals surface area contributed by atoms with Gasteiger partial charge in [-0.3, -0.25) is 4.79 Å². The summed E-state index contributed by atoms with van der Waals surface area (Å²) in [6, 6.07) is 5.90. The van der Waals surface area contributed by atoms with Crippen LogP contribution in [0.1, 0.15) is 22.2 Å². The number of nitrogens with one attached hydrogen (secondary N) is 1. The molecule has 0 spiro atoms. The number of carbonyl (C=O) groups is 2. The van der Waals surface area contributed by atoms with Crippen molar-refractivity contribution >= 4 is 23.2 Å². The fraction of sp³-hybridized carbons (Fsp3) is 0.200. The second kappa shape index (κ2) is 6.23. The van der Waals surface area contributed by atoms with Gasteiger partial charge in [-0.2, -0.15) is 0 Å². The smallest absolute Gasteiger partial charge is 0.336 e. The molecule has 116 valence electrons. The summed E-state index contributed by atoms with van der Waals surface area (Å²) in [5, 5.41) is 4.11. The number of esters is 1. The van der Waals surface area contributed by atoms with Crippen LogP contribution < -0.4 is 5.32 Å². The van der Waals surface area contributed by atoms with Crippen molar-refractivity contribution < 1.29 is 23.1 Å². The second-order valence-electron chi connectivity index (χ2n) is 4.67. The van der Waals surface area contributed by atoms with Crippen LogP contribution in [0.5, 0.6) is 0 Å². The quantitative estimate of drug-likeness (QED) is 0.880. The summed E-state index contributed by atoms with van der Waals surface area (Å²) in [6.07, 6.45) is 0. The molecule has 1 amide bonds. The Labute approximate surface area is 129 Å². The average Bonchev–Trinajstić information content (AvgIpc) is 3.03. The minimum absolute atomic E-state index is 0.302. The molecule has 0 fully saturated rings. The normalized spacial score (nSPS) is 13.3. The molecule has 0 unspecified atom stereocenters. The Bertz CT molecular complexity index is 703. The summed E-state index contributed by atoms with van der Waals surface area (Å²) >= 11 is 1.16. The fourth-order valence-corrected chi connectivity index (χ4v) is 2.63. The highest BCUT2D eigenvalue weighted by molar-refractivity contribution is 7.12. The van der Waals surface area contributed by atoms with Gasteiger partial charge in [0.2, 0.25) is 0 Å². The van der Waals surface area contributed by atoms with Gasteiger partial charge < -0.3 is 10.1 Å². The van der Waals surface area contributed by atoms with Crippen LogP contribution in [0, 0.1) is 11.6 Å². The summed E-state index contributed by atoms with van der Waals surface area (Å²) in [4.78, 5) is 24.6. The van der Waals surface area contributed by atoms with E-state index in [-0.39, 0.29) is 5.56 Å². The summed E-state index contributed by atoms with van der Waals surface area (Å²) in [6.45, 7) is 1.27. The Balaban J connectivity index is 2.46. The van der Waals surface area contributed by atoms with E-state index in [1.165, 1.54) is 6.92 Å². The highest BCUT2D eigenvalue weighted by Gasteiger charge is 2.41. The van der Waals surface area contributed by atoms with Crippen molar-refractivity contribution in [2.45, 2.75) is 12.5 Å². The van der Waals surface area contributed by atoms with Crippen LogP contribution in [0.4, 0.5) is 8.78 Å². The topological polar surface area (TPSA) is 55.4 Å². The zero-order valence-corrected chi connectivity index (χ0v) is 12.7. The number of thiophene rings is 1. The predicted molar refractivity (Wildman–Crippen MR) is 77.5 cm³/mol. The summed E-state index contributed by atoms with van der Waals surface area (Å²) < 4.78 is 32.1. The van der Waals surface area contributed by atoms with E-state index in [0.29, 0.717) is 4.88 Å². The van der Waals surface area contributed by atoms with E-state index < -0.39 is 29.0 Å². The molecular formula is C15H13F2NO3S. The van der Waals surface area contributed by atoms with Crippen molar-refractivity contribution in [3.05, 3.63) is 57.8 Å². The largest absolute Gasteiger partial charge is 0.467 e. The van der Waals surface area contributed by atoms with E-state index in [4.69, 9.17) is 0 Å². The molecule has 1 aromatic carbocycles. The van der Waals surface area contributed by atoms with Crippen LogP contribution in [-0.4, -0.2) is 19.0 Å². The first-order valence-corrected chi connectivity index (χ1v) is 7.16. The first-order chi connectivity index (χ1) is 10.4. The van der Waals surface area contributed by atoms with Crippen molar-refractivity contribution in [1.29, 1.82) is 0 Å². The minimum atomic E-state index is -1.85. The molecular weight excluding hydrogens is 312 g/mol. The van der Waals surface area contributed by atoms with Gasteiger partial charge in [-0.25, -0.2) is 13.6 Å². The lowest BCUT2D eigenvalue weighted by Gasteiger charge is -2.28. The first kappa shape index (κ1) is 16.1. The van der Waals surface area contributed by atoms with Gasteiger partial charge >= 0.3 is 5.97 Å². The molecule has 0 aliphatic carbocycles. The molecule has 1 heterocycles. The number of ether oxygens (including phenoxy) is 1. The van der Waals surface area contributed by atoms with Gasteiger partial charge in [0.15, 0.2) is 5.54 Å². The van der Waals surface area contributed by atoms with Gasteiger partial charge in [0, 0.05) is 5.56 Å². The van der Waals surface area contributed by atoms with Crippen LogP contribution in [0.2, 0.25) is 0 Å². The Morgan fingerprint density at radius 2 is 2.00 bits per heavy atom. The van der Waals surface area contributed by atoms with E-state index in [0.717, 1.165) is 36.6 Å². The third-order valence-electron chi connectivity index (χ3n) is 3.17.